The second-order valence-corrected chi connectivity index (χ2v) is 13.7. The predicted octanol–water partition coefficient (Wildman–Crippen LogP) is 4.80. The summed E-state index contributed by atoms with van der Waals surface area (Å²) in [4.78, 5) is 0. The van der Waals surface area contributed by atoms with Crippen LogP contribution in [0.25, 0.3) is 32.7 Å². The van der Waals surface area contributed by atoms with Crippen molar-refractivity contribution in [2.24, 2.45) is 0 Å². The van der Waals surface area contributed by atoms with Gasteiger partial charge in [0, 0.05) is 0 Å². The van der Waals surface area contributed by atoms with Crippen molar-refractivity contribution < 1.29 is 0 Å². The second-order valence-electron chi connectivity index (χ2n) is 7.53. The normalized spacial score (nSPS) is 13.0. The van der Waals surface area contributed by atoms with Crippen LogP contribution in [-0.4, -0.2) is 20.2 Å². The molecule has 0 N–H and O–H groups in total. The van der Waals surface area contributed by atoms with E-state index < -0.39 is 20.2 Å². The number of benzene rings is 5. The molecule has 5 aromatic rings. The van der Waals surface area contributed by atoms with Gasteiger partial charge < -0.3 is 0 Å². The van der Waals surface area contributed by atoms with Crippen LogP contribution in [0.15, 0.2) is 97.1 Å². The maximum absolute atomic E-state index is 2.43. The van der Waals surface area contributed by atoms with Gasteiger partial charge in [-0.25, -0.2) is 0 Å². The summed E-state index contributed by atoms with van der Waals surface area (Å²) in [5.74, 6) is 0. The predicted molar refractivity (Wildman–Crippen MR) is 123 cm³/mol. The zero-order valence-electron chi connectivity index (χ0n) is 15.7. The van der Waals surface area contributed by atoms with E-state index in [-0.39, 0.29) is 0 Å². The molecule has 0 aliphatic carbocycles. The average Bonchev–Trinajstić information content (AvgIpc) is 3.09. The first-order valence-electron chi connectivity index (χ1n) is 9.72. The van der Waals surface area contributed by atoms with Gasteiger partial charge in [0.2, 0.25) is 0 Å². The Bertz CT molecular complexity index is 1280. The van der Waals surface area contributed by atoms with Gasteiger partial charge in [-0.15, -0.1) is 0 Å². The first-order chi connectivity index (χ1) is 13.8. The molecule has 0 unspecified atom stereocenters. The molecule has 0 saturated carbocycles. The average molecular weight is 465 g/mol. The molecule has 0 fully saturated rings. The van der Waals surface area contributed by atoms with E-state index in [1.54, 1.807) is 10.5 Å². The molecule has 1 heteroatoms. The van der Waals surface area contributed by atoms with Crippen LogP contribution in [0.2, 0.25) is 0 Å². The summed E-state index contributed by atoms with van der Waals surface area (Å²) in [5.41, 5.74) is 4.32. The molecule has 0 bridgehead atoms. The number of fused-ring (bicyclic) bond motifs is 7. The van der Waals surface area contributed by atoms with Crippen molar-refractivity contribution in [1.29, 1.82) is 0 Å². The van der Waals surface area contributed by atoms with Gasteiger partial charge in [0.1, 0.15) is 0 Å². The number of aryl methyl sites for hydroxylation is 1. The van der Waals surface area contributed by atoms with E-state index in [1.165, 1.54) is 38.2 Å². The number of hydrogen-bond acceptors (Lipinski definition) is 0. The number of hydrogen-bond donors (Lipinski definition) is 0. The maximum atomic E-state index is 2.43. The van der Waals surface area contributed by atoms with E-state index in [0.29, 0.717) is 0 Å². The molecule has 0 aromatic heterocycles. The van der Waals surface area contributed by atoms with Gasteiger partial charge in [0.15, 0.2) is 0 Å². The molecule has 1 heterocycles. The Hall–Kier alpha value is -2.56. The molecule has 1 aliphatic heterocycles. The van der Waals surface area contributed by atoms with Crippen LogP contribution in [0, 0.1) is 6.92 Å². The van der Waals surface area contributed by atoms with Gasteiger partial charge in [-0.1, -0.05) is 0 Å². The van der Waals surface area contributed by atoms with Gasteiger partial charge >= 0.3 is 173 Å². The molecule has 0 amide bonds. The summed E-state index contributed by atoms with van der Waals surface area (Å²) in [5, 5.41) is 5.48. The zero-order valence-corrected chi connectivity index (χ0v) is 18.2. The third kappa shape index (κ3) is 2.31. The quantitative estimate of drug-likeness (QED) is 0.306. The third-order valence-corrected chi connectivity index (χ3v) is 13.0. The van der Waals surface area contributed by atoms with Crippen molar-refractivity contribution in [1.82, 2.24) is 0 Å². The monoisotopic (exact) mass is 464 g/mol. The summed E-state index contributed by atoms with van der Waals surface area (Å²) in [6.45, 7) is 2.17. The fourth-order valence-corrected chi connectivity index (χ4v) is 12.0. The van der Waals surface area contributed by atoms with Crippen molar-refractivity contribution in [2.75, 3.05) is 0 Å². The van der Waals surface area contributed by atoms with E-state index in [2.05, 4.69) is 104 Å². The Morgan fingerprint density at radius 3 is 1.54 bits per heavy atom. The van der Waals surface area contributed by atoms with E-state index >= 15 is 0 Å². The summed E-state index contributed by atoms with van der Waals surface area (Å²) in [6.07, 6.45) is 0. The van der Waals surface area contributed by atoms with E-state index in [9.17, 15) is 0 Å². The fraction of sp³-hybridized carbons (Fsp3) is 0.0370. The molecular weight excluding hydrogens is 446 g/mol. The standard InChI is InChI=1S/C20H12.C7H7.Sb/c1-3-11-17-15(7-1)9-5-13-19(17)20-14-6-10-16-8-2-4-12-18(16)20;1-7-5-3-2-4-6-7;/h1-12H;3-6H,1H3;. The van der Waals surface area contributed by atoms with Gasteiger partial charge in [-0.05, 0) is 0 Å². The Labute approximate surface area is 172 Å². The minimum atomic E-state index is -2.03. The van der Waals surface area contributed by atoms with Crippen molar-refractivity contribution in [3.8, 4) is 11.1 Å². The molecule has 0 saturated heterocycles. The van der Waals surface area contributed by atoms with Crippen LogP contribution in [-0.2, 0) is 0 Å². The Balaban J connectivity index is 1.78. The van der Waals surface area contributed by atoms with Crippen LogP contribution in [0.1, 0.15) is 5.56 Å². The van der Waals surface area contributed by atoms with Gasteiger partial charge in [0.05, 0.1) is 0 Å². The summed E-state index contributed by atoms with van der Waals surface area (Å²) in [7, 11) is 0. The van der Waals surface area contributed by atoms with E-state index in [4.69, 9.17) is 0 Å². The van der Waals surface area contributed by atoms with Crippen LogP contribution in [0.3, 0.4) is 0 Å². The third-order valence-electron chi connectivity index (χ3n) is 5.84. The van der Waals surface area contributed by atoms with Gasteiger partial charge in [-0.3, -0.25) is 0 Å². The molecule has 5 aromatic carbocycles. The molecule has 0 atom stereocenters. The summed E-state index contributed by atoms with van der Waals surface area (Å²) in [6, 6.07) is 36.6. The van der Waals surface area contributed by atoms with Crippen molar-refractivity contribution in [2.45, 2.75) is 6.92 Å². The molecular formula is C27H19Sb. The Morgan fingerprint density at radius 1 is 0.500 bits per heavy atom. The fourth-order valence-electron chi connectivity index (χ4n) is 4.52. The molecule has 0 radical (unpaired) electrons. The molecule has 132 valence electrons. The van der Waals surface area contributed by atoms with Crippen molar-refractivity contribution >= 4 is 52.3 Å². The van der Waals surface area contributed by atoms with Gasteiger partial charge in [-0.2, -0.15) is 0 Å². The first-order valence-corrected chi connectivity index (χ1v) is 13.5. The zero-order chi connectivity index (χ0) is 18.7. The molecule has 1 aliphatic rings. The van der Waals surface area contributed by atoms with Crippen molar-refractivity contribution in [3.05, 3.63) is 103 Å². The second kappa shape index (κ2) is 6.23. The summed E-state index contributed by atoms with van der Waals surface area (Å²) < 4.78 is 4.77. The first kappa shape index (κ1) is 16.4. The van der Waals surface area contributed by atoms with Crippen LogP contribution in [0.5, 0.6) is 0 Å². The Kier molecular flexibility index (Phi) is 3.65. The van der Waals surface area contributed by atoms with Crippen LogP contribution in [0.4, 0.5) is 0 Å². The van der Waals surface area contributed by atoms with Crippen LogP contribution < -0.4 is 10.5 Å². The molecule has 0 nitrogen and oxygen atoms in total. The SMILES string of the molecule is Cc1cc[c]([Sb]2[c]3ccc4ccccc4c3-c3[c]2ccc2ccccc32)cc1. The van der Waals surface area contributed by atoms with Gasteiger partial charge in [0.25, 0.3) is 0 Å². The number of rotatable bonds is 1. The minimum absolute atomic E-state index is 1.33. The van der Waals surface area contributed by atoms with E-state index in [0.717, 1.165) is 0 Å². The van der Waals surface area contributed by atoms with Crippen molar-refractivity contribution in [3.63, 3.8) is 0 Å². The van der Waals surface area contributed by atoms with E-state index in [1.807, 2.05) is 0 Å². The molecule has 28 heavy (non-hydrogen) atoms. The topological polar surface area (TPSA) is 0 Å². The summed E-state index contributed by atoms with van der Waals surface area (Å²) >= 11 is -2.03. The Morgan fingerprint density at radius 2 is 1.00 bits per heavy atom. The van der Waals surface area contributed by atoms with Crippen LogP contribution >= 0.6 is 0 Å². The molecule has 0 spiro atoms. The molecule has 6 rings (SSSR count).